The summed E-state index contributed by atoms with van der Waals surface area (Å²) in [5.41, 5.74) is 1.41. The predicted molar refractivity (Wildman–Crippen MR) is 134 cm³/mol. The van der Waals surface area contributed by atoms with Crippen molar-refractivity contribution in [1.82, 2.24) is 24.5 Å². The van der Waals surface area contributed by atoms with Gasteiger partial charge in [0.05, 0.1) is 12.4 Å². The molecule has 37 heavy (non-hydrogen) atoms. The van der Waals surface area contributed by atoms with Crippen molar-refractivity contribution in [3.05, 3.63) is 41.9 Å². The maximum atomic E-state index is 12.1. The van der Waals surface area contributed by atoms with E-state index < -0.39 is 51.6 Å². The number of hydrogen-bond acceptors (Lipinski definition) is 9. The van der Waals surface area contributed by atoms with Crippen molar-refractivity contribution in [3.63, 3.8) is 0 Å². The normalized spacial score (nSPS) is 24.1. The molecule has 0 spiro atoms. The summed E-state index contributed by atoms with van der Waals surface area (Å²) in [6.07, 6.45) is -4.57. The lowest BCUT2D eigenvalue weighted by Crippen LogP contribution is -2.32. The lowest BCUT2D eigenvalue weighted by atomic mass is 10.1. The van der Waals surface area contributed by atoms with Gasteiger partial charge in [0, 0.05) is 17.1 Å². The summed E-state index contributed by atoms with van der Waals surface area (Å²) in [5, 5.41) is 25.1. The molecular weight excluding hydrogens is 550 g/mol. The van der Waals surface area contributed by atoms with Crippen molar-refractivity contribution >= 4 is 60.3 Å². The zero-order valence-electron chi connectivity index (χ0n) is 18.9. The highest BCUT2D eigenvalue weighted by Crippen LogP contribution is 2.55. The van der Waals surface area contributed by atoms with Crippen molar-refractivity contribution < 1.29 is 38.8 Å². The zero-order valence-corrected chi connectivity index (χ0v) is 21.5. The number of fused-ring (bicyclic) bond motifs is 2. The molecule has 0 saturated carbocycles. The molecule has 0 radical (unpaired) electrons. The van der Waals surface area contributed by atoms with Gasteiger partial charge in [-0.2, -0.15) is 9.97 Å². The molecule has 1 fully saturated rings. The van der Waals surface area contributed by atoms with Gasteiger partial charge in [0.15, 0.2) is 23.2 Å². The van der Waals surface area contributed by atoms with Crippen LogP contribution in [-0.2, 0) is 13.9 Å². The Balaban J connectivity index is 1.38. The molecule has 5 atom stereocenters. The first-order valence-corrected chi connectivity index (χ1v) is 15.2. The summed E-state index contributed by atoms with van der Waals surface area (Å²) >= 11 is 6.16. The number of nitrogens with zero attached hydrogens (tertiary/aromatic N) is 4. The van der Waals surface area contributed by atoms with Crippen molar-refractivity contribution in [2.45, 2.75) is 31.0 Å². The number of aromatic nitrogens is 5. The Bertz CT molecular complexity index is 1520. The van der Waals surface area contributed by atoms with Crippen LogP contribution in [-0.4, -0.2) is 79.8 Å². The molecule has 0 amide bonds. The molecule has 4 heterocycles. The highest BCUT2D eigenvalue weighted by Gasteiger charge is 2.45. The van der Waals surface area contributed by atoms with Gasteiger partial charge in [0.25, 0.3) is 0 Å². The molecule has 1 aromatic carbocycles. The molecule has 5 unspecified atom stereocenters. The number of aliphatic hydroxyl groups is 2. The van der Waals surface area contributed by atoms with Crippen LogP contribution >= 0.6 is 26.6 Å². The Morgan fingerprint density at radius 1 is 1.14 bits per heavy atom. The van der Waals surface area contributed by atoms with Gasteiger partial charge >= 0.3 is 7.60 Å². The second-order valence-corrected chi connectivity index (χ2v) is 13.7. The van der Waals surface area contributed by atoms with Crippen molar-refractivity contribution in [1.29, 1.82) is 0 Å². The van der Waals surface area contributed by atoms with Crippen LogP contribution in [0.2, 0.25) is 5.28 Å². The third kappa shape index (κ3) is 5.58. The van der Waals surface area contributed by atoms with E-state index >= 15 is 0 Å². The van der Waals surface area contributed by atoms with Gasteiger partial charge < -0.3 is 39.9 Å². The summed E-state index contributed by atoms with van der Waals surface area (Å²) in [6, 6.07) is 9.55. The number of ether oxygens (including phenoxy) is 1. The molecule has 7 N–H and O–H groups in total. The second-order valence-electron chi connectivity index (χ2n) is 8.77. The number of benzene rings is 1. The van der Waals surface area contributed by atoms with Crippen LogP contribution in [0.15, 0.2) is 36.7 Å². The summed E-state index contributed by atoms with van der Waals surface area (Å²) in [6.45, 7) is 0. The largest absolute Gasteiger partial charge is 0.388 e. The molecule has 5 rings (SSSR count). The number of nitrogens with one attached hydrogen (secondary N) is 2. The van der Waals surface area contributed by atoms with Crippen LogP contribution in [0.25, 0.3) is 22.1 Å². The summed E-state index contributed by atoms with van der Waals surface area (Å²) in [4.78, 5) is 43.8. The van der Waals surface area contributed by atoms with E-state index in [4.69, 9.17) is 26.1 Å². The number of halogens is 1. The molecule has 0 bridgehead atoms. The molecule has 1 aliphatic heterocycles. The third-order valence-electron chi connectivity index (χ3n) is 5.96. The first kappa shape index (κ1) is 26.2. The van der Waals surface area contributed by atoms with E-state index in [0.29, 0.717) is 11.3 Å². The maximum Gasteiger partial charge on any atom is 0.335 e. The smallest absolute Gasteiger partial charge is 0.335 e. The highest BCUT2D eigenvalue weighted by molar-refractivity contribution is 7.72. The first-order chi connectivity index (χ1) is 17.4. The van der Waals surface area contributed by atoms with Crippen molar-refractivity contribution in [3.8, 4) is 0 Å². The van der Waals surface area contributed by atoms with Crippen molar-refractivity contribution in [2.75, 3.05) is 17.4 Å². The van der Waals surface area contributed by atoms with E-state index in [1.165, 1.54) is 10.9 Å². The minimum atomic E-state index is -4.71. The van der Waals surface area contributed by atoms with E-state index in [-0.39, 0.29) is 23.2 Å². The fraction of sp³-hybridized carbons (Fsp3) is 0.350. The molecule has 3 aromatic heterocycles. The number of aliphatic hydroxyl groups excluding tert-OH is 2. The summed E-state index contributed by atoms with van der Waals surface area (Å²) in [5.74, 6) is -0.269. The van der Waals surface area contributed by atoms with Crippen LogP contribution in [0.5, 0.6) is 0 Å². The minimum Gasteiger partial charge on any atom is -0.388 e. The van der Waals surface area contributed by atoms with Crippen LogP contribution in [0.4, 0.5) is 11.6 Å². The van der Waals surface area contributed by atoms with Crippen LogP contribution in [0.1, 0.15) is 12.6 Å². The van der Waals surface area contributed by atoms with Crippen LogP contribution < -0.4 is 5.32 Å². The molecule has 4 aromatic rings. The average Bonchev–Trinajstić information content (AvgIpc) is 3.47. The monoisotopic (exact) mass is 572 g/mol. The Labute approximate surface area is 213 Å². The molecule has 14 nitrogen and oxygen atoms in total. The third-order valence-corrected chi connectivity index (χ3v) is 10.3. The maximum absolute atomic E-state index is 12.1. The van der Waals surface area contributed by atoms with Gasteiger partial charge in [-0.15, -0.1) is 0 Å². The van der Waals surface area contributed by atoms with Gasteiger partial charge in [-0.3, -0.25) is 13.7 Å². The van der Waals surface area contributed by atoms with Crippen LogP contribution in [0.3, 0.4) is 0 Å². The number of anilines is 2. The average molecular weight is 573 g/mol. The Morgan fingerprint density at radius 2 is 1.89 bits per heavy atom. The number of H-pyrrole nitrogens is 1. The molecule has 198 valence electrons. The van der Waals surface area contributed by atoms with E-state index in [1.807, 2.05) is 30.3 Å². The Kier molecular flexibility index (Phi) is 6.90. The Morgan fingerprint density at radius 3 is 2.62 bits per heavy atom. The highest BCUT2D eigenvalue weighted by atomic mass is 35.5. The topological polar surface area (TPSA) is 216 Å². The van der Waals surface area contributed by atoms with Crippen molar-refractivity contribution in [2.24, 2.45) is 0 Å². The quantitative estimate of drug-likeness (QED) is 0.119. The molecule has 0 aliphatic carbocycles. The van der Waals surface area contributed by atoms with Gasteiger partial charge in [0.2, 0.25) is 12.7 Å². The minimum absolute atomic E-state index is 0.115. The zero-order chi connectivity index (χ0) is 26.5. The van der Waals surface area contributed by atoms with E-state index in [2.05, 4.69) is 25.3 Å². The number of aromatic amines is 1. The van der Waals surface area contributed by atoms with Gasteiger partial charge in [-0.1, -0.05) is 18.2 Å². The van der Waals surface area contributed by atoms with E-state index in [9.17, 15) is 24.2 Å². The lowest BCUT2D eigenvalue weighted by Gasteiger charge is -2.18. The molecule has 1 saturated heterocycles. The first-order valence-electron chi connectivity index (χ1n) is 11.0. The summed E-state index contributed by atoms with van der Waals surface area (Å²) < 4.78 is 30.4. The predicted octanol–water partition coefficient (Wildman–Crippen LogP) is 2.12. The number of rotatable bonds is 8. The van der Waals surface area contributed by atoms with Gasteiger partial charge in [-0.05, 0) is 30.2 Å². The fourth-order valence-electron chi connectivity index (χ4n) is 4.32. The summed E-state index contributed by atoms with van der Waals surface area (Å²) in [7, 11) is -8.91. The number of hydrogen-bond donors (Lipinski definition) is 7. The van der Waals surface area contributed by atoms with E-state index in [0.717, 1.165) is 10.9 Å². The standard InChI is InChI=1S/C20H23ClN6O8P2/c21-20-25-17(24-13-7-10-3-1-2-4-11(10)23-13)14-18(26-20)27(8-22-14)19-16(29)15(28)12(35-19)5-6-36(30,31)9-37(32,33)34/h1-4,7-8,12,15-16,19,23,28-29H,5-6,9H2,(H,30,31)(H,24,25,26)(H2,32,33,34). The molecule has 1 aliphatic rings. The fourth-order valence-corrected chi connectivity index (χ4v) is 8.01. The van der Waals surface area contributed by atoms with E-state index in [1.54, 1.807) is 0 Å². The number of imidazole rings is 1. The number of para-hydroxylation sites is 1. The van der Waals surface area contributed by atoms with Gasteiger partial charge in [-0.25, -0.2) is 4.98 Å². The second kappa shape index (κ2) is 9.73. The molecular formula is C20H23ClN6O8P2. The SMILES string of the molecule is O=P(O)(O)CP(=O)(O)CCC1OC(n2cnc3c(Nc4cc5ccccc5[nH]4)nc(Cl)nc32)C(O)C1O. The van der Waals surface area contributed by atoms with Crippen LogP contribution in [0, 0.1) is 0 Å². The lowest BCUT2D eigenvalue weighted by molar-refractivity contribution is -0.0354. The molecule has 17 heteroatoms. The Hall–Kier alpha value is -2.38. The van der Waals surface area contributed by atoms with Gasteiger partial charge in [0.1, 0.15) is 23.9 Å².